The zero-order chi connectivity index (χ0) is 27.4. The molecule has 42 heavy (non-hydrogen) atoms. The number of hydrogen-bond donors (Lipinski definition) is 0. The van der Waals surface area contributed by atoms with Crippen molar-refractivity contribution in [1.29, 1.82) is 0 Å². The minimum atomic E-state index is 1.20. The molecule has 194 valence electrons. The summed E-state index contributed by atoms with van der Waals surface area (Å²) < 4.78 is 5.04. The monoisotopic (exact) mass is 532 g/mol. The zero-order valence-electron chi connectivity index (χ0n) is 22.8. The molecule has 0 aliphatic heterocycles. The van der Waals surface area contributed by atoms with E-state index in [-0.39, 0.29) is 0 Å². The molecule has 0 spiro atoms. The lowest BCUT2D eigenvalue weighted by molar-refractivity contribution is 1.18. The van der Waals surface area contributed by atoms with Crippen molar-refractivity contribution in [3.8, 4) is 16.8 Å². The third kappa shape index (κ3) is 2.69. The van der Waals surface area contributed by atoms with Gasteiger partial charge in [-0.3, -0.25) is 0 Å². The SMILES string of the molecule is c1ccc(-c2ccccc2-n2c3cccc4c5ccc6ccccc6c5n5c6ccccc6c6ccc2c(c43)c65)cc1. The van der Waals surface area contributed by atoms with E-state index in [1.165, 1.54) is 87.5 Å². The molecule has 0 unspecified atom stereocenters. The second kappa shape index (κ2) is 7.99. The summed E-state index contributed by atoms with van der Waals surface area (Å²) in [5.74, 6) is 0. The Kier molecular flexibility index (Phi) is 4.21. The van der Waals surface area contributed by atoms with Crippen LogP contribution in [-0.2, 0) is 0 Å². The molecule has 0 bridgehead atoms. The van der Waals surface area contributed by atoms with Gasteiger partial charge in [0.15, 0.2) is 0 Å². The summed E-state index contributed by atoms with van der Waals surface area (Å²) >= 11 is 0. The number of benzene rings is 7. The third-order valence-corrected chi connectivity index (χ3v) is 9.23. The van der Waals surface area contributed by atoms with Crippen LogP contribution >= 0.6 is 0 Å². The van der Waals surface area contributed by atoms with Crippen molar-refractivity contribution in [3.05, 3.63) is 146 Å². The highest BCUT2D eigenvalue weighted by Crippen LogP contribution is 2.46. The lowest BCUT2D eigenvalue weighted by Gasteiger charge is -2.14. The predicted octanol–water partition coefficient (Wildman–Crippen LogP) is 10.8. The van der Waals surface area contributed by atoms with Crippen LogP contribution in [0.1, 0.15) is 0 Å². The van der Waals surface area contributed by atoms with E-state index in [0.717, 1.165) is 0 Å². The van der Waals surface area contributed by atoms with Crippen LogP contribution in [0.4, 0.5) is 0 Å². The van der Waals surface area contributed by atoms with Gasteiger partial charge in [0.1, 0.15) is 0 Å². The number of para-hydroxylation sites is 2. The van der Waals surface area contributed by atoms with E-state index in [9.17, 15) is 0 Å². The average Bonchev–Trinajstić information content (AvgIpc) is 3.53. The first-order valence-electron chi connectivity index (χ1n) is 14.5. The van der Waals surface area contributed by atoms with Gasteiger partial charge >= 0.3 is 0 Å². The van der Waals surface area contributed by atoms with E-state index in [2.05, 4.69) is 155 Å². The minimum absolute atomic E-state index is 1.20. The zero-order valence-corrected chi connectivity index (χ0v) is 22.8. The second-order valence-electron chi connectivity index (χ2n) is 11.3. The molecule has 2 heteroatoms. The van der Waals surface area contributed by atoms with Crippen molar-refractivity contribution in [2.45, 2.75) is 0 Å². The van der Waals surface area contributed by atoms with Gasteiger partial charge in [-0.1, -0.05) is 121 Å². The second-order valence-corrected chi connectivity index (χ2v) is 11.3. The standard InChI is InChI=1S/C40H24N2/c1-2-11-25(12-3-1)27-14-6-8-18-33(27)41-35-20-10-17-30-32-22-21-26-13-4-5-15-28(26)39(32)42-34-19-9-7-16-29(34)31-23-24-36(41)38(37(30)35)40(31)42/h1-24H. The van der Waals surface area contributed by atoms with Crippen molar-refractivity contribution in [3.63, 3.8) is 0 Å². The van der Waals surface area contributed by atoms with E-state index >= 15 is 0 Å². The fourth-order valence-electron chi connectivity index (χ4n) is 7.56. The molecule has 0 saturated carbocycles. The van der Waals surface area contributed by atoms with Gasteiger partial charge in [0.05, 0.1) is 33.3 Å². The first kappa shape index (κ1) is 22.1. The summed E-state index contributed by atoms with van der Waals surface area (Å²) in [5, 5.41) is 10.3. The smallest absolute Gasteiger partial charge is 0.0642 e. The molecule has 10 rings (SSSR count). The molecule has 0 radical (unpaired) electrons. The molecule has 0 amide bonds. The number of hydrogen-bond acceptors (Lipinski definition) is 0. The maximum atomic E-state index is 2.55. The van der Waals surface area contributed by atoms with Gasteiger partial charge in [0.25, 0.3) is 0 Å². The minimum Gasteiger partial charge on any atom is -0.309 e. The van der Waals surface area contributed by atoms with Crippen molar-refractivity contribution in [2.24, 2.45) is 0 Å². The Morgan fingerprint density at radius 2 is 1.02 bits per heavy atom. The molecule has 0 aliphatic carbocycles. The molecular weight excluding hydrogens is 508 g/mol. The molecule has 3 heterocycles. The highest BCUT2D eigenvalue weighted by atomic mass is 15.0. The summed E-state index contributed by atoms with van der Waals surface area (Å²) in [6.45, 7) is 0. The van der Waals surface area contributed by atoms with E-state index in [1.807, 2.05) is 0 Å². The first-order chi connectivity index (χ1) is 20.9. The van der Waals surface area contributed by atoms with E-state index in [4.69, 9.17) is 0 Å². The Morgan fingerprint density at radius 1 is 0.357 bits per heavy atom. The van der Waals surface area contributed by atoms with Crippen LogP contribution in [0.25, 0.3) is 87.5 Å². The Labute approximate surface area is 241 Å². The highest BCUT2D eigenvalue weighted by molar-refractivity contribution is 6.34. The molecular formula is C40H24N2. The highest BCUT2D eigenvalue weighted by Gasteiger charge is 2.24. The molecule has 0 fully saturated rings. The molecule has 2 nitrogen and oxygen atoms in total. The van der Waals surface area contributed by atoms with E-state index in [0.29, 0.717) is 0 Å². The normalized spacial score (nSPS) is 12.3. The Bertz CT molecular complexity index is 2670. The van der Waals surface area contributed by atoms with Gasteiger partial charge in [-0.25, -0.2) is 0 Å². The lowest BCUT2D eigenvalue weighted by Crippen LogP contribution is -1.97. The van der Waals surface area contributed by atoms with Crippen LogP contribution < -0.4 is 0 Å². The van der Waals surface area contributed by atoms with Gasteiger partial charge in [-0.2, -0.15) is 0 Å². The van der Waals surface area contributed by atoms with Crippen LogP contribution in [0.2, 0.25) is 0 Å². The number of nitrogens with zero attached hydrogens (tertiary/aromatic N) is 2. The number of rotatable bonds is 2. The number of fused-ring (bicyclic) bond motifs is 8. The van der Waals surface area contributed by atoms with Gasteiger partial charge < -0.3 is 8.97 Å². The van der Waals surface area contributed by atoms with Gasteiger partial charge in [0, 0.05) is 37.9 Å². The molecule has 7 aromatic carbocycles. The van der Waals surface area contributed by atoms with E-state index < -0.39 is 0 Å². The van der Waals surface area contributed by atoms with Gasteiger partial charge in [0.2, 0.25) is 0 Å². The Hall–Kier alpha value is -5.60. The fraction of sp³-hybridized carbons (Fsp3) is 0. The van der Waals surface area contributed by atoms with Crippen molar-refractivity contribution in [1.82, 2.24) is 8.97 Å². The Morgan fingerprint density at radius 3 is 1.95 bits per heavy atom. The Balaban J connectivity index is 1.53. The van der Waals surface area contributed by atoms with E-state index in [1.54, 1.807) is 0 Å². The summed E-state index contributed by atoms with van der Waals surface area (Å²) in [4.78, 5) is 0. The maximum Gasteiger partial charge on any atom is 0.0642 e. The molecule has 10 aromatic rings. The van der Waals surface area contributed by atoms with Crippen molar-refractivity contribution >= 4 is 70.7 Å². The lowest BCUT2D eigenvalue weighted by atomic mass is 10.0. The third-order valence-electron chi connectivity index (χ3n) is 9.23. The van der Waals surface area contributed by atoms with Crippen LogP contribution in [0.15, 0.2) is 146 Å². The summed E-state index contributed by atoms with van der Waals surface area (Å²) in [6, 6.07) is 53.4. The maximum absolute atomic E-state index is 2.55. The van der Waals surface area contributed by atoms with Crippen LogP contribution in [0.3, 0.4) is 0 Å². The van der Waals surface area contributed by atoms with Gasteiger partial charge in [-0.15, -0.1) is 0 Å². The van der Waals surface area contributed by atoms with Crippen molar-refractivity contribution in [2.75, 3.05) is 0 Å². The average molecular weight is 533 g/mol. The molecule has 0 atom stereocenters. The molecule has 0 N–H and O–H groups in total. The first-order valence-corrected chi connectivity index (χ1v) is 14.5. The summed E-state index contributed by atoms with van der Waals surface area (Å²) in [5.41, 5.74) is 9.91. The van der Waals surface area contributed by atoms with Crippen LogP contribution in [0.5, 0.6) is 0 Å². The molecule has 0 saturated heterocycles. The van der Waals surface area contributed by atoms with Crippen molar-refractivity contribution < 1.29 is 0 Å². The predicted molar refractivity (Wildman–Crippen MR) is 178 cm³/mol. The van der Waals surface area contributed by atoms with Crippen LogP contribution in [0, 0.1) is 0 Å². The molecule has 0 aliphatic rings. The summed E-state index contributed by atoms with van der Waals surface area (Å²) in [6.07, 6.45) is 0. The van der Waals surface area contributed by atoms with Crippen LogP contribution in [-0.4, -0.2) is 8.97 Å². The number of aromatic nitrogens is 2. The fourth-order valence-corrected chi connectivity index (χ4v) is 7.56. The largest absolute Gasteiger partial charge is 0.309 e. The van der Waals surface area contributed by atoms with Gasteiger partial charge in [-0.05, 0) is 40.6 Å². The summed E-state index contributed by atoms with van der Waals surface area (Å²) in [7, 11) is 0. The quantitative estimate of drug-likeness (QED) is 0.209. The molecule has 3 aromatic heterocycles. The topological polar surface area (TPSA) is 9.34 Å².